The number of nitrogens with zero attached hydrogens (tertiary/aromatic N) is 2. The van der Waals surface area contributed by atoms with E-state index in [-0.39, 0.29) is 5.78 Å². The molecule has 1 unspecified atom stereocenters. The fourth-order valence-electron chi connectivity index (χ4n) is 5.18. The fraction of sp³-hybridized carbons (Fsp3) is 0.259. The lowest BCUT2D eigenvalue weighted by Crippen LogP contribution is -2.39. The Labute approximate surface area is 181 Å². The molecule has 0 saturated heterocycles. The molecule has 2 aliphatic rings. The second kappa shape index (κ2) is 7.09. The SMILES string of the molecule is Cc1n(C2CCc3cc4c(cc32)OCC4)cc[n+]1CC(=O)c1ccc2ccccc2c1. The van der Waals surface area contributed by atoms with E-state index in [1.165, 1.54) is 16.7 Å². The second-order valence-corrected chi connectivity index (χ2v) is 8.68. The van der Waals surface area contributed by atoms with E-state index in [1.54, 1.807) is 0 Å². The number of Topliss-reactive ketones (excluding diaryl/α,β-unsaturated/α-hetero) is 1. The first-order valence-electron chi connectivity index (χ1n) is 11.0. The van der Waals surface area contributed by atoms with Crippen LogP contribution in [0.3, 0.4) is 0 Å². The van der Waals surface area contributed by atoms with E-state index in [1.807, 2.05) is 36.5 Å². The predicted octanol–water partition coefficient (Wildman–Crippen LogP) is 4.59. The predicted molar refractivity (Wildman–Crippen MR) is 120 cm³/mol. The number of hydrogen-bond acceptors (Lipinski definition) is 2. The van der Waals surface area contributed by atoms with Gasteiger partial charge in [0.05, 0.1) is 6.61 Å². The number of aromatic nitrogens is 2. The Morgan fingerprint density at radius 3 is 2.84 bits per heavy atom. The Kier molecular flexibility index (Phi) is 4.20. The van der Waals surface area contributed by atoms with Crippen molar-refractivity contribution < 1.29 is 14.1 Å². The van der Waals surface area contributed by atoms with Crippen molar-refractivity contribution in [2.24, 2.45) is 0 Å². The summed E-state index contributed by atoms with van der Waals surface area (Å²) in [6, 6.07) is 19.0. The molecule has 0 radical (unpaired) electrons. The van der Waals surface area contributed by atoms with Crippen molar-refractivity contribution in [1.82, 2.24) is 4.57 Å². The number of benzene rings is 3. The van der Waals surface area contributed by atoms with Crippen molar-refractivity contribution >= 4 is 16.6 Å². The molecule has 31 heavy (non-hydrogen) atoms. The average molecular weight is 410 g/mol. The van der Waals surface area contributed by atoms with Gasteiger partial charge in [-0.05, 0) is 46.9 Å². The summed E-state index contributed by atoms with van der Waals surface area (Å²) in [7, 11) is 0. The summed E-state index contributed by atoms with van der Waals surface area (Å²) in [5, 5.41) is 2.26. The molecular formula is C27H25N2O2+. The number of carbonyl (C=O) groups is 1. The van der Waals surface area contributed by atoms with Crippen molar-refractivity contribution in [3.8, 4) is 5.75 Å². The lowest BCUT2D eigenvalue weighted by Gasteiger charge is -2.11. The van der Waals surface area contributed by atoms with Gasteiger partial charge in [0.15, 0.2) is 6.54 Å². The molecule has 4 aromatic rings. The smallest absolute Gasteiger partial charge is 0.254 e. The third-order valence-corrected chi connectivity index (χ3v) is 6.92. The van der Waals surface area contributed by atoms with E-state index < -0.39 is 0 Å². The number of hydrogen-bond donors (Lipinski definition) is 0. The van der Waals surface area contributed by atoms with E-state index in [0.29, 0.717) is 12.6 Å². The minimum Gasteiger partial charge on any atom is -0.493 e. The number of ketones is 1. The van der Waals surface area contributed by atoms with Crippen molar-refractivity contribution in [1.29, 1.82) is 0 Å². The van der Waals surface area contributed by atoms with Crippen LogP contribution in [-0.2, 0) is 19.4 Å². The largest absolute Gasteiger partial charge is 0.493 e. The molecule has 1 atom stereocenters. The highest BCUT2D eigenvalue weighted by Gasteiger charge is 2.32. The van der Waals surface area contributed by atoms with Crippen LogP contribution < -0.4 is 9.30 Å². The molecule has 0 fully saturated rings. The first-order valence-corrected chi connectivity index (χ1v) is 11.0. The van der Waals surface area contributed by atoms with Gasteiger partial charge in [0.1, 0.15) is 24.2 Å². The van der Waals surface area contributed by atoms with E-state index in [9.17, 15) is 4.79 Å². The second-order valence-electron chi connectivity index (χ2n) is 8.68. The quantitative estimate of drug-likeness (QED) is 0.365. The lowest BCUT2D eigenvalue weighted by atomic mass is 10.0. The average Bonchev–Trinajstić information content (AvgIpc) is 3.50. The molecule has 4 heteroatoms. The maximum Gasteiger partial charge on any atom is 0.254 e. The van der Waals surface area contributed by atoms with E-state index in [4.69, 9.17) is 4.74 Å². The van der Waals surface area contributed by atoms with Gasteiger partial charge in [-0.3, -0.25) is 4.79 Å². The molecule has 1 aromatic heterocycles. The first-order chi connectivity index (χ1) is 15.2. The molecular weight excluding hydrogens is 384 g/mol. The van der Waals surface area contributed by atoms with Gasteiger partial charge in [0.25, 0.3) is 5.82 Å². The Morgan fingerprint density at radius 1 is 1.06 bits per heavy atom. The van der Waals surface area contributed by atoms with E-state index >= 15 is 0 Å². The van der Waals surface area contributed by atoms with Gasteiger partial charge < -0.3 is 4.74 Å². The summed E-state index contributed by atoms with van der Waals surface area (Å²) in [6.07, 6.45) is 7.37. The molecule has 2 heterocycles. The van der Waals surface area contributed by atoms with Gasteiger partial charge >= 0.3 is 0 Å². The van der Waals surface area contributed by atoms with Crippen LogP contribution in [0.1, 0.15) is 45.3 Å². The van der Waals surface area contributed by atoms with Crippen LogP contribution in [0, 0.1) is 6.92 Å². The maximum atomic E-state index is 13.0. The fourth-order valence-corrected chi connectivity index (χ4v) is 5.18. The first kappa shape index (κ1) is 18.4. The Balaban J connectivity index is 1.27. The Bertz CT molecular complexity index is 1330. The van der Waals surface area contributed by atoms with Crippen LogP contribution in [0.5, 0.6) is 5.75 Å². The highest BCUT2D eigenvalue weighted by Crippen LogP contribution is 2.40. The summed E-state index contributed by atoms with van der Waals surface area (Å²) in [6.45, 7) is 3.25. The molecule has 4 nitrogen and oxygen atoms in total. The zero-order valence-corrected chi connectivity index (χ0v) is 17.7. The van der Waals surface area contributed by atoms with Crippen molar-refractivity contribution in [3.63, 3.8) is 0 Å². The van der Waals surface area contributed by atoms with Gasteiger partial charge in [-0.15, -0.1) is 0 Å². The van der Waals surface area contributed by atoms with Crippen LogP contribution in [0.2, 0.25) is 0 Å². The molecule has 0 amide bonds. The van der Waals surface area contributed by atoms with Crippen LogP contribution in [0.15, 0.2) is 67.0 Å². The standard InChI is InChI=1S/C27H25N2O2/c1-18-28(17-26(30)22-7-6-19-4-2-3-5-20(19)14-22)11-12-29(18)25-9-8-21-15-23-10-13-31-27(23)16-24(21)25/h2-7,11-12,14-16,25H,8-10,13,17H2,1H3/q+1. The molecule has 0 saturated carbocycles. The van der Waals surface area contributed by atoms with Crippen LogP contribution in [-0.4, -0.2) is 17.0 Å². The summed E-state index contributed by atoms with van der Waals surface area (Å²) >= 11 is 0. The Hall–Kier alpha value is -3.40. The number of aryl methyl sites for hydroxylation is 1. The molecule has 154 valence electrons. The number of ether oxygens (including phenoxy) is 1. The topological polar surface area (TPSA) is 35.1 Å². The van der Waals surface area contributed by atoms with E-state index in [0.717, 1.165) is 53.8 Å². The highest BCUT2D eigenvalue weighted by atomic mass is 16.5. The summed E-state index contributed by atoms with van der Waals surface area (Å²) in [4.78, 5) is 13.0. The molecule has 0 bridgehead atoms. The van der Waals surface area contributed by atoms with Crippen LogP contribution in [0.4, 0.5) is 0 Å². The number of imidazole rings is 1. The normalized spacial score (nSPS) is 16.9. The van der Waals surface area contributed by atoms with Gasteiger partial charge in [-0.1, -0.05) is 42.5 Å². The third-order valence-electron chi connectivity index (χ3n) is 6.92. The summed E-state index contributed by atoms with van der Waals surface area (Å²) in [5.41, 5.74) is 4.92. The van der Waals surface area contributed by atoms with Gasteiger partial charge in [-0.2, -0.15) is 0 Å². The van der Waals surface area contributed by atoms with Crippen molar-refractivity contribution in [2.45, 2.75) is 38.8 Å². The monoisotopic (exact) mass is 409 g/mol. The zero-order valence-electron chi connectivity index (χ0n) is 17.7. The summed E-state index contributed by atoms with van der Waals surface area (Å²) < 4.78 is 10.2. The third kappa shape index (κ3) is 3.05. The molecule has 1 aliphatic carbocycles. The van der Waals surface area contributed by atoms with E-state index in [2.05, 4.69) is 46.5 Å². The minimum atomic E-state index is 0.134. The maximum absolute atomic E-state index is 13.0. The molecule has 0 N–H and O–H groups in total. The van der Waals surface area contributed by atoms with Crippen molar-refractivity contribution in [2.75, 3.05) is 6.61 Å². The van der Waals surface area contributed by atoms with Gasteiger partial charge in [-0.25, -0.2) is 9.13 Å². The van der Waals surface area contributed by atoms with Crippen molar-refractivity contribution in [3.05, 3.63) is 95.1 Å². The Morgan fingerprint density at radius 2 is 1.94 bits per heavy atom. The molecule has 1 aliphatic heterocycles. The van der Waals surface area contributed by atoms with Crippen LogP contribution >= 0.6 is 0 Å². The molecule has 3 aromatic carbocycles. The number of fused-ring (bicyclic) bond motifs is 3. The number of carbonyl (C=O) groups excluding carboxylic acids is 1. The highest BCUT2D eigenvalue weighted by molar-refractivity contribution is 5.99. The lowest BCUT2D eigenvalue weighted by molar-refractivity contribution is -0.688. The zero-order chi connectivity index (χ0) is 20.9. The summed E-state index contributed by atoms with van der Waals surface area (Å²) in [5.74, 6) is 2.29. The molecule has 0 spiro atoms. The molecule has 6 rings (SSSR count). The number of rotatable bonds is 4. The van der Waals surface area contributed by atoms with Crippen LogP contribution in [0.25, 0.3) is 10.8 Å². The van der Waals surface area contributed by atoms with Gasteiger partial charge in [0, 0.05) is 24.5 Å². The van der Waals surface area contributed by atoms with Gasteiger partial charge in [0.2, 0.25) is 5.78 Å². The minimum absolute atomic E-state index is 0.134.